The summed E-state index contributed by atoms with van der Waals surface area (Å²) in [6.07, 6.45) is -0.462. The maximum Gasteiger partial charge on any atom is 0.269 e. The second-order valence-corrected chi connectivity index (χ2v) is 6.51. The normalized spacial score (nSPS) is 26.8. The molecule has 0 aliphatic carbocycles. The van der Waals surface area contributed by atoms with Crippen LogP contribution in [0.25, 0.3) is 0 Å². The molecule has 8 nitrogen and oxygen atoms in total. The summed E-state index contributed by atoms with van der Waals surface area (Å²) >= 11 is 0. The number of nitrogens with one attached hydrogen (secondary N) is 2. The van der Waals surface area contributed by atoms with Crippen LogP contribution in [-0.2, 0) is 4.74 Å². The van der Waals surface area contributed by atoms with Crippen LogP contribution in [0.4, 0.5) is 5.69 Å². The van der Waals surface area contributed by atoms with Crippen LogP contribution in [-0.4, -0.2) is 11.2 Å². The van der Waals surface area contributed by atoms with Crippen molar-refractivity contribution in [1.82, 2.24) is 10.9 Å². The quantitative estimate of drug-likeness (QED) is 0.563. The number of nitrogens with two attached hydrogens (primary N) is 1. The summed E-state index contributed by atoms with van der Waals surface area (Å²) < 4.78 is 5.72. The molecule has 4 atom stereocenters. The zero-order valence-electron chi connectivity index (χ0n) is 14.2. The van der Waals surface area contributed by atoms with E-state index < -0.39 is 17.1 Å². The molecule has 0 saturated carbocycles. The fourth-order valence-corrected chi connectivity index (χ4v) is 3.87. The summed E-state index contributed by atoms with van der Waals surface area (Å²) in [5.41, 5.74) is 14.2. The summed E-state index contributed by atoms with van der Waals surface area (Å²) in [7, 11) is 0. The number of hydrazine groups is 1. The predicted octanol–water partition coefficient (Wildman–Crippen LogP) is 2.19. The van der Waals surface area contributed by atoms with Crippen molar-refractivity contribution in [2.75, 3.05) is 0 Å². The molecule has 2 aromatic carbocycles. The molecule has 1 fully saturated rings. The molecular formula is C19H17N5O3. The van der Waals surface area contributed by atoms with Gasteiger partial charge >= 0.3 is 0 Å². The Hall–Kier alpha value is -3.41. The van der Waals surface area contributed by atoms with E-state index in [1.807, 2.05) is 30.3 Å². The number of rotatable bonds is 3. The van der Waals surface area contributed by atoms with Gasteiger partial charge in [0.25, 0.3) is 5.69 Å². The van der Waals surface area contributed by atoms with Crippen molar-refractivity contribution in [3.8, 4) is 6.07 Å². The molecule has 0 radical (unpaired) electrons. The molecule has 2 heterocycles. The zero-order valence-corrected chi connectivity index (χ0v) is 14.2. The highest BCUT2D eigenvalue weighted by molar-refractivity contribution is 5.46. The lowest BCUT2D eigenvalue weighted by Gasteiger charge is -2.35. The average molecular weight is 363 g/mol. The van der Waals surface area contributed by atoms with Gasteiger partial charge in [-0.15, -0.1) is 0 Å². The van der Waals surface area contributed by atoms with E-state index in [-0.39, 0.29) is 29.1 Å². The molecule has 4 N–H and O–H groups in total. The first kappa shape index (κ1) is 17.0. The molecule has 0 aromatic heterocycles. The minimum atomic E-state index is -0.462. The van der Waals surface area contributed by atoms with Gasteiger partial charge in [0.1, 0.15) is 6.07 Å². The number of fused-ring (bicyclic) bond motifs is 1. The third kappa shape index (κ3) is 2.89. The first-order valence-electron chi connectivity index (χ1n) is 8.47. The van der Waals surface area contributed by atoms with Gasteiger partial charge < -0.3 is 10.5 Å². The van der Waals surface area contributed by atoms with E-state index in [0.717, 1.165) is 5.56 Å². The first-order chi connectivity index (χ1) is 13.1. The molecule has 4 rings (SSSR count). The fraction of sp³-hybridized carbons (Fsp3) is 0.211. The number of hydrogen-bond acceptors (Lipinski definition) is 7. The van der Waals surface area contributed by atoms with Gasteiger partial charge in [-0.3, -0.25) is 10.1 Å². The summed E-state index contributed by atoms with van der Waals surface area (Å²) in [4.78, 5) is 10.8. The molecule has 0 amide bonds. The Morgan fingerprint density at radius 2 is 1.85 bits per heavy atom. The molecule has 1 saturated heterocycles. The molecule has 4 unspecified atom stereocenters. The van der Waals surface area contributed by atoms with Crippen LogP contribution in [0.3, 0.4) is 0 Å². The Balaban J connectivity index is 1.84. The number of nitrogens with zero attached hydrogens (tertiary/aromatic N) is 2. The van der Waals surface area contributed by atoms with Gasteiger partial charge in [0.2, 0.25) is 5.88 Å². The van der Waals surface area contributed by atoms with Crippen molar-refractivity contribution in [3.05, 3.63) is 87.3 Å². The lowest BCUT2D eigenvalue weighted by Crippen LogP contribution is -2.41. The molecule has 0 spiro atoms. The summed E-state index contributed by atoms with van der Waals surface area (Å²) in [5, 5.41) is 20.9. The van der Waals surface area contributed by atoms with Gasteiger partial charge in [-0.05, 0) is 11.1 Å². The fourth-order valence-electron chi connectivity index (χ4n) is 3.87. The van der Waals surface area contributed by atoms with Gasteiger partial charge in [-0.1, -0.05) is 42.5 Å². The van der Waals surface area contributed by atoms with Crippen molar-refractivity contribution in [2.45, 2.75) is 18.2 Å². The lowest BCUT2D eigenvalue weighted by molar-refractivity contribution is -0.384. The second-order valence-electron chi connectivity index (χ2n) is 6.51. The van der Waals surface area contributed by atoms with Gasteiger partial charge in [0.05, 0.1) is 16.5 Å². The third-order valence-electron chi connectivity index (χ3n) is 5.05. The van der Waals surface area contributed by atoms with Gasteiger partial charge in [-0.2, -0.15) is 5.26 Å². The Kier molecular flexibility index (Phi) is 4.24. The molecule has 136 valence electrons. The molecule has 0 bridgehead atoms. The van der Waals surface area contributed by atoms with Crippen molar-refractivity contribution in [1.29, 1.82) is 5.26 Å². The van der Waals surface area contributed by atoms with E-state index in [1.165, 1.54) is 12.1 Å². The second kappa shape index (κ2) is 6.72. The average Bonchev–Trinajstić information content (AvgIpc) is 3.11. The molecule has 8 heteroatoms. The Labute approximate surface area is 155 Å². The van der Waals surface area contributed by atoms with Crippen LogP contribution in [0, 0.1) is 27.4 Å². The number of nitro groups is 1. The monoisotopic (exact) mass is 363 g/mol. The number of allylic oxidation sites excluding steroid dienone is 1. The van der Waals surface area contributed by atoms with Crippen molar-refractivity contribution >= 4 is 5.69 Å². The minimum Gasteiger partial charge on any atom is -0.458 e. The smallest absolute Gasteiger partial charge is 0.269 e. The highest BCUT2D eigenvalue weighted by atomic mass is 16.6. The van der Waals surface area contributed by atoms with Crippen LogP contribution in [0.15, 0.2) is 66.1 Å². The van der Waals surface area contributed by atoms with Crippen LogP contribution in [0.5, 0.6) is 0 Å². The maximum absolute atomic E-state index is 11.2. The Morgan fingerprint density at radius 3 is 2.56 bits per heavy atom. The van der Waals surface area contributed by atoms with E-state index in [4.69, 9.17) is 10.5 Å². The topological polar surface area (TPSA) is 126 Å². The van der Waals surface area contributed by atoms with E-state index in [2.05, 4.69) is 16.9 Å². The lowest BCUT2D eigenvalue weighted by atomic mass is 9.74. The largest absolute Gasteiger partial charge is 0.458 e. The predicted molar refractivity (Wildman–Crippen MR) is 96.5 cm³/mol. The SMILES string of the molecule is N#CC1=C(N)OC2NNC(c3ccccc3)C2C1c1cccc([N+](=O)[O-])c1. The molecule has 2 aromatic rings. The highest BCUT2D eigenvalue weighted by Crippen LogP contribution is 2.47. The van der Waals surface area contributed by atoms with Crippen LogP contribution in [0.1, 0.15) is 23.1 Å². The molecular weight excluding hydrogens is 346 g/mol. The van der Waals surface area contributed by atoms with Crippen LogP contribution in [0.2, 0.25) is 0 Å². The van der Waals surface area contributed by atoms with Gasteiger partial charge in [0.15, 0.2) is 6.23 Å². The summed E-state index contributed by atoms with van der Waals surface area (Å²) in [6, 6.07) is 18.1. The highest BCUT2D eigenvalue weighted by Gasteiger charge is 2.49. The molecule has 2 aliphatic heterocycles. The Morgan fingerprint density at radius 1 is 1.11 bits per heavy atom. The van der Waals surface area contributed by atoms with E-state index in [1.54, 1.807) is 12.1 Å². The standard InChI is InChI=1S/C19H17N5O3/c20-10-14-15(12-7-4-8-13(9-12)24(25)26)16-17(11-5-2-1-3-6-11)22-23-19(16)27-18(14)21/h1-9,15-17,19,22-23H,21H2. The first-order valence-corrected chi connectivity index (χ1v) is 8.47. The number of nitriles is 1. The number of non-ortho nitro benzene ring substituents is 1. The number of benzene rings is 2. The van der Waals surface area contributed by atoms with Crippen molar-refractivity contribution < 1.29 is 9.66 Å². The summed E-state index contributed by atoms with van der Waals surface area (Å²) in [5.74, 6) is -0.615. The molecule has 27 heavy (non-hydrogen) atoms. The number of hydrogen-bond donors (Lipinski definition) is 3. The van der Waals surface area contributed by atoms with E-state index in [0.29, 0.717) is 5.56 Å². The third-order valence-corrected chi connectivity index (χ3v) is 5.05. The molecule has 2 aliphatic rings. The number of ether oxygens (including phenoxy) is 1. The van der Waals surface area contributed by atoms with Crippen molar-refractivity contribution in [2.24, 2.45) is 11.7 Å². The zero-order chi connectivity index (χ0) is 19.0. The minimum absolute atomic E-state index is 0.0263. The summed E-state index contributed by atoms with van der Waals surface area (Å²) in [6.45, 7) is 0. The van der Waals surface area contributed by atoms with Gasteiger partial charge in [0, 0.05) is 24.0 Å². The maximum atomic E-state index is 11.2. The van der Waals surface area contributed by atoms with E-state index in [9.17, 15) is 15.4 Å². The van der Waals surface area contributed by atoms with Gasteiger partial charge in [-0.25, -0.2) is 10.9 Å². The van der Waals surface area contributed by atoms with Crippen LogP contribution >= 0.6 is 0 Å². The Bertz CT molecular complexity index is 953. The number of nitro benzene ring substituents is 1. The van der Waals surface area contributed by atoms with Crippen molar-refractivity contribution in [3.63, 3.8) is 0 Å². The van der Waals surface area contributed by atoms with E-state index >= 15 is 0 Å². The van der Waals surface area contributed by atoms with Crippen LogP contribution < -0.4 is 16.6 Å².